The fraction of sp³-hybridized carbons (Fsp3) is 0.826. The molecule has 4 heteroatoms. The number of hydrogen-bond donors (Lipinski definition) is 0. The van der Waals surface area contributed by atoms with Crippen molar-refractivity contribution in [2.45, 2.75) is 90.4 Å². The van der Waals surface area contributed by atoms with Crippen LogP contribution in [0.15, 0.2) is 11.6 Å². The molecule has 0 amide bonds. The predicted octanol–water partition coefficient (Wildman–Crippen LogP) is 4.22. The van der Waals surface area contributed by atoms with Crippen LogP contribution in [0.5, 0.6) is 0 Å². The number of esters is 1. The smallest absolute Gasteiger partial charge is 0.302 e. The summed E-state index contributed by atoms with van der Waals surface area (Å²) in [5.74, 6) is 2.03. The van der Waals surface area contributed by atoms with E-state index in [9.17, 15) is 9.59 Å². The molecule has 1 saturated heterocycles. The molecule has 0 radical (unpaired) electrons. The highest BCUT2D eigenvalue weighted by molar-refractivity contribution is 5.90. The van der Waals surface area contributed by atoms with E-state index < -0.39 is 5.60 Å². The first-order chi connectivity index (χ1) is 12.7. The lowest BCUT2D eigenvalue weighted by atomic mass is 9.47. The van der Waals surface area contributed by atoms with Gasteiger partial charge in [0.25, 0.3) is 0 Å². The summed E-state index contributed by atoms with van der Waals surface area (Å²) >= 11 is 0. The molecule has 5 rings (SSSR count). The van der Waals surface area contributed by atoms with Crippen LogP contribution in [-0.2, 0) is 19.1 Å². The monoisotopic (exact) mass is 372 g/mol. The Labute approximate surface area is 162 Å². The Morgan fingerprint density at radius 2 is 1.93 bits per heavy atom. The van der Waals surface area contributed by atoms with Gasteiger partial charge in [-0.05, 0) is 68.6 Å². The number of ketones is 1. The van der Waals surface area contributed by atoms with E-state index in [2.05, 4.69) is 19.9 Å². The van der Waals surface area contributed by atoms with E-state index in [1.807, 2.05) is 0 Å². The molecule has 0 aromatic carbocycles. The molecule has 0 N–H and O–H groups in total. The van der Waals surface area contributed by atoms with Gasteiger partial charge >= 0.3 is 5.97 Å². The first kappa shape index (κ1) is 17.9. The molecular weight excluding hydrogens is 340 g/mol. The third-order valence-corrected chi connectivity index (χ3v) is 9.34. The van der Waals surface area contributed by atoms with Gasteiger partial charge in [-0.1, -0.05) is 25.5 Å². The normalized spacial score (nSPS) is 52.6. The second kappa shape index (κ2) is 5.46. The lowest BCUT2D eigenvalue weighted by Crippen LogP contribution is -2.54. The fourth-order valence-electron chi connectivity index (χ4n) is 8.03. The van der Waals surface area contributed by atoms with Crippen molar-refractivity contribution in [3.8, 4) is 0 Å². The van der Waals surface area contributed by atoms with Crippen LogP contribution in [0.2, 0.25) is 0 Å². The highest BCUT2D eigenvalue weighted by atomic mass is 16.6. The van der Waals surface area contributed by atoms with E-state index in [-0.39, 0.29) is 34.8 Å². The summed E-state index contributed by atoms with van der Waals surface area (Å²) in [5.41, 5.74) is 1.30. The SMILES string of the molecule is CC(=O)O[C@H]1CC[C@@]2(C)C(=CC[C@@H]3[C@@H]2CC[C@@]2(C)[C@H]3C[C@@H]3O[C@@]32C(C)=O)C1. The van der Waals surface area contributed by atoms with E-state index in [0.717, 1.165) is 38.5 Å². The number of carbonyl (C=O) groups is 2. The molecule has 8 atom stereocenters. The fourth-order valence-corrected chi connectivity index (χ4v) is 8.03. The van der Waals surface area contributed by atoms with E-state index in [1.165, 1.54) is 18.9 Å². The van der Waals surface area contributed by atoms with Crippen LogP contribution >= 0.6 is 0 Å². The van der Waals surface area contributed by atoms with Crippen LogP contribution in [0.1, 0.15) is 72.6 Å². The number of rotatable bonds is 2. The minimum absolute atomic E-state index is 0.0152. The Kier molecular flexibility index (Phi) is 3.62. The van der Waals surface area contributed by atoms with Crippen LogP contribution in [0, 0.1) is 28.6 Å². The van der Waals surface area contributed by atoms with Crippen molar-refractivity contribution in [2.24, 2.45) is 28.6 Å². The van der Waals surface area contributed by atoms with Gasteiger partial charge < -0.3 is 9.47 Å². The molecule has 0 bridgehead atoms. The Morgan fingerprint density at radius 1 is 1.15 bits per heavy atom. The molecule has 4 fully saturated rings. The van der Waals surface area contributed by atoms with E-state index >= 15 is 0 Å². The molecule has 5 aliphatic rings. The molecule has 4 aliphatic carbocycles. The zero-order valence-electron chi connectivity index (χ0n) is 17.0. The predicted molar refractivity (Wildman–Crippen MR) is 101 cm³/mol. The molecule has 4 nitrogen and oxygen atoms in total. The van der Waals surface area contributed by atoms with Gasteiger partial charge in [0.05, 0.1) is 6.10 Å². The second-order valence-electron chi connectivity index (χ2n) is 10.3. The quantitative estimate of drug-likeness (QED) is 0.414. The summed E-state index contributed by atoms with van der Waals surface area (Å²) in [6.07, 6.45) is 10.1. The number of allylic oxidation sites excluding steroid dienone is 1. The highest BCUT2D eigenvalue weighted by Gasteiger charge is 2.79. The van der Waals surface area contributed by atoms with Crippen molar-refractivity contribution in [3.63, 3.8) is 0 Å². The van der Waals surface area contributed by atoms with Gasteiger partial charge in [-0.15, -0.1) is 0 Å². The maximum absolute atomic E-state index is 12.5. The summed E-state index contributed by atoms with van der Waals surface area (Å²) in [6, 6.07) is 0. The van der Waals surface area contributed by atoms with Gasteiger partial charge in [0, 0.05) is 18.8 Å². The van der Waals surface area contributed by atoms with Crippen molar-refractivity contribution >= 4 is 11.8 Å². The molecule has 0 aromatic heterocycles. The number of epoxide rings is 1. The topological polar surface area (TPSA) is 55.9 Å². The van der Waals surface area contributed by atoms with Crippen LogP contribution < -0.4 is 0 Å². The van der Waals surface area contributed by atoms with Gasteiger partial charge in [-0.2, -0.15) is 0 Å². The number of Topliss-reactive ketones (excluding diaryl/α,β-unsaturated/α-hetero) is 1. The number of carbonyl (C=O) groups excluding carboxylic acids is 2. The molecule has 0 unspecified atom stereocenters. The Morgan fingerprint density at radius 3 is 2.63 bits per heavy atom. The Bertz CT molecular complexity index is 741. The molecular formula is C23H32O4. The molecule has 27 heavy (non-hydrogen) atoms. The van der Waals surface area contributed by atoms with Crippen LogP contribution in [0.25, 0.3) is 0 Å². The van der Waals surface area contributed by atoms with E-state index in [4.69, 9.17) is 9.47 Å². The van der Waals surface area contributed by atoms with Crippen LogP contribution in [0.4, 0.5) is 0 Å². The summed E-state index contributed by atoms with van der Waals surface area (Å²) in [6.45, 7) is 8.03. The van der Waals surface area contributed by atoms with Crippen molar-refractivity contribution in [1.29, 1.82) is 0 Å². The minimum atomic E-state index is -0.472. The summed E-state index contributed by atoms with van der Waals surface area (Å²) < 4.78 is 11.6. The van der Waals surface area contributed by atoms with Crippen LogP contribution in [-0.4, -0.2) is 29.6 Å². The summed E-state index contributed by atoms with van der Waals surface area (Å²) in [7, 11) is 0. The molecule has 0 spiro atoms. The third kappa shape index (κ3) is 2.14. The number of fused-ring (bicyclic) bond motifs is 7. The van der Waals surface area contributed by atoms with Gasteiger partial charge in [0.1, 0.15) is 6.10 Å². The van der Waals surface area contributed by atoms with Crippen molar-refractivity contribution in [3.05, 3.63) is 11.6 Å². The molecule has 148 valence electrons. The molecule has 3 saturated carbocycles. The second-order valence-corrected chi connectivity index (χ2v) is 10.3. The first-order valence-corrected chi connectivity index (χ1v) is 10.8. The van der Waals surface area contributed by atoms with Gasteiger partial charge in [-0.3, -0.25) is 9.59 Å². The average Bonchev–Trinajstić information content (AvgIpc) is 3.27. The zero-order chi connectivity index (χ0) is 19.2. The highest BCUT2D eigenvalue weighted by Crippen LogP contribution is 2.73. The zero-order valence-corrected chi connectivity index (χ0v) is 17.0. The average molecular weight is 373 g/mol. The maximum atomic E-state index is 12.5. The number of ether oxygens (including phenoxy) is 2. The largest absolute Gasteiger partial charge is 0.462 e. The first-order valence-electron chi connectivity index (χ1n) is 10.8. The summed E-state index contributed by atoms with van der Waals surface area (Å²) in [5, 5.41) is 0. The lowest BCUT2D eigenvalue weighted by Gasteiger charge is -2.58. The van der Waals surface area contributed by atoms with Crippen molar-refractivity contribution < 1.29 is 19.1 Å². The van der Waals surface area contributed by atoms with E-state index in [1.54, 1.807) is 6.92 Å². The molecule has 1 heterocycles. The van der Waals surface area contributed by atoms with Crippen LogP contribution in [0.3, 0.4) is 0 Å². The lowest BCUT2D eigenvalue weighted by molar-refractivity contribution is -0.149. The van der Waals surface area contributed by atoms with Gasteiger partial charge in [0.2, 0.25) is 0 Å². The van der Waals surface area contributed by atoms with Gasteiger partial charge in [0.15, 0.2) is 11.4 Å². The number of hydrogen-bond acceptors (Lipinski definition) is 4. The van der Waals surface area contributed by atoms with Crippen molar-refractivity contribution in [2.75, 3.05) is 0 Å². The Hall–Kier alpha value is -1.16. The maximum Gasteiger partial charge on any atom is 0.302 e. The minimum Gasteiger partial charge on any atom is -0.462 e. The third-order valence-electron chi connectivity index (χ3n) is 9.34. The molecule has 0 aromatic rings. The van der Waals surface area contributed by atoms with E-state index in [0.29, 0.717) is 17.8 Å². The summed E-state index contributed by atoms with van der Waals surface area (Å²) in [4.78, 5) is 23.8. The Balaban J connectivity index is 1.43. The standard InChI is InChI=1S/C23H32O4/c1-13(24)23-20(27-23)12-19-17-6-5-15-11-16(26-14(2)25)7-9-21(15,3)18(17)8-10-22(19,23)4/h5,16-20H,6-12H2,1-4H3/t16-,17+,18-,19-,20-,21-,22-,23-/m0/s1. The van der Waals surface area contributed by atoms with Gasteiger partial charge in [-0.25, -0.2) is 0 Å². The van der Waals surface area contributed by atoms with Crippen molar-refractivity contribution in [1.82, 2.24) is 0 Å². The molecule has 1 aliphatic heterocycles.